The molecule has 0 aliphatic heterocycles. The third-order valence-electron chi connectivity index (χ3n) is 3.23. The molecular weight excluding hydrogens is 244 g/mol. The van der Waals surface area contributed by atoms with Crippen molar-refractivity contribution >= 4 is 0 Å². The molecule has 2 unspecified atom stereocenters. The van der Waals surface area contributed by atoms with Gasteiger partial charge in [0.2, 0.25) is 11.7 Å². The van der Waals surface area contributed by atoms with E-state index in [1.54, 1.807) is 0 Å². The molecule has 2 atom stereocenters. The number of hydrogen-bond donors (Lipinski definition) is 1. The van der Waals surface area contributed by atoms with Gasteiger partial charge in [-0.1, -0.05) is 25.9 Å². The van der Waals surface area contributed by atoms with Crippen molar-refractivity contribution in [1.29, 1.82) is 0 Å². The van der Waals surface area contributed by atoms with E-state index >= 15 is 0 Å². The van der Waals surface area contributed by atoms with Crippen LogP contribution in [0.5, 0.6) is 0 Å². The Balaban J connectivity index is 2.70. The summed E-state index contributed by atoms with van der Waals surface area (Å²) in [6.07, 6.45) is 1.47. The largest absolute Gasteiger partial charge is 0.393 e. The fourth-order valence-corrected chi connectivity index (χ4v) is 2.02. The van der Waals surface area contributed by atoms with Crippen LogP contribution in [0.2, 0.25) is 0 Å². The molecule has 5 nitrogen and oxygen atoms in total. The second kappa shape index (κ2) is 7.01. The van der Waals surface area contributed by atoms with E-state index in [1.165, 1.54) is 0 Å². The van der Waals surface area contributed by atoms with Gasteiger partial charge in [-0.2, -0.15) is 4.98 Å². The van der Waals surface area contributed by atoms with Crippen LogP contribution < -0.4 is 0 Å². The van der Waals surface area contributed by atoms with E-state index in [-0.39, 0.29) is 0 Å². The second-order valence-electron chi connectivity index (χ2n) is 5.52. The van der Waals surface area contributed by atoms with E-state index in [4.69, 9.17) is 9.26 Å². The molecule has 0 saturated heterocycles. The number of aromatic nitrogens is 2. The van der Waals surface area contributed by atoms with Crippen LogP contribution in [-0.4, -0.2) is 28.0 Å². The lowest BCUT2D eigenvalue weighted by molar-refractivity contribution is -0.0403. The van der Waals surface area contributed by atoms with Crippen LogP contribution in [0.25, 0.3) is 0 Å². The predicted octanol–water partition coefficient (Wildman–Crippen LogP) is 2.68. The normalized spacial score (nSPS) is 16.6. The Morgan fingerprint density at radius 1 is 1.37 bits per heavy atom. The van der Waals surface area contributed by atoms with Crippen molar-refractivity contribution in [2.75, 3.05) is 6.61 Å². The van der Waals surface area contributed by atoms with Gasteiger partial charge in [-0.3, -0.25) is 0 Å². The predicted molar refractivity (Wildman–Crippen MR) is 72.7 cm³/mol. The first-order chi connectivity index (χ1) is 8.91. The topological polar surface area (TPSA) is 68.4 Å². The Kier molecular flexibility index (Phi) is 5.94. The van der Waals surface area contributed by atoms with Gasteiger partial charge in [-0.25, -0.2) is 0 Å². The quantitative estimate of drug-likeness (QED) is 0.786. The number of ether oxygens (including phenoxy) is 1. The van der Waals surface area contributed by atoms with Crippen molar-refractivity contribution in [2.24, 2.45) is 5.92 Å². The SMILES string of the molecule is CCOC(C)(CC)c1noc(CC(O)CC(C)C)n1. The zero-order chi connectivity index (χ0) is 14.5. The summed E-state index contributed by atoms with van der Waals surface area (Å²) >= 11 is 0. The summed E-state index contributed by atoms with van der Waals surface area (Å²) in [6, 6.07) is 0. The molecule has 1 heterocycles. The fourth-order valence-electron chi connectivity index (χ4n) is 2.02. The summed E-state index contributed by atoms with van der Waals surface area (Å²) in [5.41, 5.74) is -0.514. The Morgan fingerprint density at radius 2 is 2.05 bits per heavy atom. The number of hydrogen-bond acceptors (Lipinski definition) is 5. The zero-order valence-electron chi connectivity index (χ0n) is 12.6. The minimum absolute atomic E-state index is 0.400. The summed E-state index contributed by atoms with van der Waals surface area (Å²) in [4.78, 5) is 4.36. The highest BCUT2D eigenvalue weighted by molar-refractivity contribution is 4.99. The van der Waals surface area contributed by atoms with Crippen molar-refractivity contribution in [1.82, 2.24) is 10.1 Å². The molecule has 0 bridgehead atoms. The average Bonchev–Trinajstić information content (AvgIpc) is 2.77. The van der Waals surface area contributed by atoms with Gasteiger partial charge in [-0.05, 0) is 32.6 Å². The first-order valence-electron chi connectivity index (χ1n) is 7.06. The van der Waals surface area contributed by atoms with E-state index in [0.29, 0.717) is 30.7 Å². The van der Waals surface area contributed by atoms with Crippen molar-refractivity contribution in [3.8, 4) is 0 Å². The third kappa shape index (κ3) is 4.58. The molecule has 0 aromatic carbocycles. The van der Waals surface area contributed by atoms with Gasteiger partial charge in [0.05, 0.1) is 12.5 Å². The number of aliphatic hydroxyl groups excluding tert-OH is 1. The van der Waals surface area contributed by atoms with Crippen LogP contribution in [0.4, 0.5) is 0 Å². The fraction of sp³-hybridized carbons (Fsp3) is 0.857. The van der Waals surface area contributed by atoms with Crippen LogP contribution in [0.15, 0.2) is 4.52 Å². The number of rotatable bonds is 8. The Bertz CT molecular complexity index is 379. The highest BCUT2D eigenvalue weighted by Crippen LogP contribution is 2.26. The summed E-state index contributed by atoms with van der Waals surface area (Å²) < 4.78 is 10.9. The van der Waals surface area contributed by atoms with E-state index in [9.17, 15) is 5.11 Å². The molecule has 0 saturated carbocycles. The highest BCUT2D eigenvalue weighted by Gasteiger charge is 2.31. The zero-order valence-corrected chi connectivity index (χ0v) is 12.6. The lowest BCUT2D eigenvalue weighted by Crippen LogP contribution is -2.26. The van der Waals surface area contributed by atoms with Crippen molar-refractivity contribution in [3.05, 3.63) is 11.7 Å². The maximum absolute atomic E-state index is 9.89. The van der Waals surface area contributed by atoms with Crippen molar-refractivity contribution in [3.63, 3.8) is 0 Å². The van der Waals surface area contributed by atoms with Gasteiger partial charge < -0.3 is 14.4 Å². The third-order valence-corrected chi connectivity index (χ3v) is 3.23. The molecule has 0 spiro atoms. The lowest BCUT2D eigenvalue weighted by atomic mass is 10.0. The summed E-state index contributed by atoms with van der Waals surface area (Å²) in [5, 5.41) is 13.9. The van der Waals surface area contributed by atoms with E-state index in [2.05, 4.69) is 24.0 Å². The van der Waals surface area contributed by atoms with Gasteiger partial charge in [0.25, 0.3) is 0 Å². The van der Waals surface area contributed by atoms with Crippen LogP contribution >= 0.6 is 0 Å². The summed E-state index contributed by atoms with van der Waals surface area (Å²) in [7, 11) is 0. The molecular formula is C14H26N2O3. The molecule has 1 rings (SSSR count). The van der Waals surface area contributed by atoms with Crippen LogP contribution in [-0.2, 0) is 16.8 Å². The van der Waals surface area contributed by atoms with Crippen LogP contribution in [0.1, 0.15) is 59.2 Å². The molecule has 1 aromatic heterocycles. The van der Waals surface area contributed by atoms with E-state index in [0.717, 1.165) is 12.8 Å². The molecule has 110 valence electrons. The maximum atomic E-state index is 9.89. The van der Waals surface area contributed by atoms with Crippen LogP contribution in [0, 0.1) is 5.92 Å². The second-order valence-corrected chi connectivity index (χ2v) is 5.52. The smallest absolute Gasteiger partial charge is 0.229 e. The standard InChI is InChI=1S/C14H26N2O3/c1-6-14(5,18-7-2)13-15-12(19-16-13)9-11(17)8-10(3)4/h10-11,17H,6-9H2,1-5H3. The monoisotopic (exact) mass is 270 g/mol. The molecule has 0 radical (unpaired) electrons. The molecule has 1 N–H and O–H groups in total. The molecule has 0 aliphatic carbocycles. The molecule has 19 heavy (non-hydrogen) atoms. The van der Waals surface area contributed by atoms with Gasteiger partial charge in [0.1, 0.15) is 5.60 Å². The molecule has 5 heteroatoms. The van der Waals surface area contributed by atoms with Crippen LogP contribution in [0.3, 0.4) is 0 Å². The molecule has 0 aliphatic rings. The minimum atomic E-state index is -0.514. The molecule has 0 amide bonds. The number of aliphatic hydroxyl groups is 1. The summed E-state index contributed by atoms with van der Waals surface area (Å²) in [6.45, 7) is 10.7. The highest BCUT2D eigenvalue weighted by atomic mass is 16.5. The number of nitrogens with zero attached hydrogens (tertiary/aromatic N) is 2. The Morgan fingerprint density at radius 3 is 2.58 bits per heavy atom. The maximum Gasteiger partial charge on any atom is 0.229 e. The van der Waals surface area contributed by atoms with Crippen molar-refractivity contribution < 1.29 is 14.4 Å². The first kappa shape index (κ1) is 16.1. The lowest BCUT2D eigenvalue weighted by Gasteiger charge is -2.23. The van der Waals surface area contributed by atoms with Gasteiger partial charge in [0.15, 0.2) is 0 Å². The van der Waals surface area contributed by atoms with E-state index in [1.807, 2.05) is 20.8 Å². The van der Waals surface area contributed by atoms with Gasteiger partial charge >= 0.3 is 0 Å². The Hall–Kier alpha value is -0.940. The van der Waals surface area contributed by atoms with E-state index < -0.39 is 11.7 Å². The van der Waals surface area contributed by atoms with Crippen molar-refractivity contribution in [2.45, 2.75) is 65.6 Å². The average molecular weight is 270 g/mol. The van der Waals surface area contributed by atoms with Gasteiger partial charge in [-0.15, -0.1) is 0 Å². The summed E-state index contributed by atoms with van der Waals surface area (Å²) in [5.74, 6) is 1.48. The molecule has 1 aromatic rings. The van der Waals surface area contributed by atoms with Gasteiger partial charge in [0, 0.05) is 6.61 Å². The molecule has 0 fully saturated rings. The minimum Gasteiger partial charge on any atom is -0.393 e. The first-order valence-corrected chi connectivity index (χ1v) is 7.06. The Labute approximate surface area is 115 Å².